The largest absolute Gasteiger partial charge is 0.483 e. The van der Waals surface area contributed by atoms with Crippen LogP contribution in [0.5, 0.6) is 5.75 Å². The third kappa shape index (κ3) is 3.75. The van der Waals surface area contributed by atoms with Crippen LogP contribution in [0, 0.1) is 11.2 Å². The van der Waals surface area contributed by atoms with Crippen molar-refractivity contribution >= 4 is 18.2 Å². The number of hydrogen-bond acceptors (Lipinski definition) is 2. The van der Waals surface area contributed by atoms with Crippen molar-refractivity contribution in [2.45, 2.75) is 0 Å². The first kappa shape index (κ1) is 11.7. The molecule has 0 heterocycles. The van der Waals surface area contributed by atoms with Crippen LogP contribution in [0.25, 0.3) is 0 Å². The van der Waals surface area contributed by atoms with Crippen molar-refractivity contribution in [1.29, 1.82) is 5.41 Å². The van der Waals surface area contributed by atoms with E-state index in [1.165, 1.54) is 12.1 Å². The van der Waals surface area contributed by atoms with E-state index < -0.39 is 5.82 Å². The Balaban J connectivity index is 0.00000144. The van der Waals surface area contributed by atoms with Gasteiger partial charge in [-0.15, -0.1) is 12.4 Å². The van der Waals surface area contributed by atoms with Crippen LogP contribution >= 0.6 is 12.4 Å². The molecular formula is C8H10ClFN2O. The first-order chi connectivity index (χ1) is 5.70. The average Bonchev–Trinajstić information content (AvgIpc) is 2.03. The Bertz CT molecular complexity index is 293. The van der Waals surface area contributed by atoms with Gasteiger partial charge in [0, 0.05) is 0 Å². The molecule has 1 rings (SSSR count). The first-order valence-corrected chi connectivity index (χ1v) is 3.40. The topological polar surface area (TPSA) is 59.1 Å². The van der Waals surface area contributed by atoms with Crippen LogP contribution in [-0.2, 0) is 0 Å². The second-order valence-electron chi connectivity index (χ2n) is 2.24. The SMILES string of the molecule is Cl.N=C(N)COc1ccccc1F. The van der Waals surface area contributed by atoms with Gasteiger partial charge in [0.1, 0.15) is 12.4 Å². The molecule has 0 bridgehead atoms. The number of nitrogens with two attached hydrogens (primary N) is 1. The van der Waals surface area contributed by atoms with E-state index in [0.717, 1.165) is 0 Å². The maximum absolute atomic E-state index is 12.8. The highest BCUT2D eigenvalue weighted by atomic mass is 35.5. The lowest BCUT2D eigenvalue weighted by atomic mass is 10.3. The molecule has 0 amide bonds. The summed E-state index contributed by atoms with van der Waals surface area (Å²) in [6, 6.07) is 5.99. The molecule has 0 fully saturated rings. The molecule has 3 nitrogen and oxygen atoms in total. The maximum atomic E-state index is 12.8. The number of halogens is 2. The fourth-order valence-corrected chi connectivity index (χ4v) is 0.717. The van der Waals surface area contributed by atoms with Crippen molar-refractivity contribution in [2.24, 2.45) is 5.73 Å². The second kappa shape index (κ2) is 5.37. The minimum atomic E-state index is -0.446. The highest BCUT2D eigenvalue weighted by Crippen LogP contribution is 2.14. The third-order valence-electron chi connectivity index (χ3n) is 1.22. The van der Waals surface area contributed by atoms with Crippen LogP contribution in [0.15, 0.2) is 24.3 Å². The monoisotopic (exact) mass is 204 g/mol. The smallest absolute Gasteiger partial charge is 0.165 e. The minimum Gasteiger partial charge on any atom is -0.483 e. The van der Waals surface area contributed by atoms with Crippen LogP contribution in [0.1, 0.15) is 0 Å². The van der Waals surface area contributed by atoms with Crippen molar-refractivity contribution in [2.75, 3.05) is 6.61 Å². The van der Waals surface area contributed by atoms with Crippen LogP contribution in [-0.4, -0.2) is 12.4 Å². The van der Waals surface area contributed by atoms with E-state index in [2.05, 4.69) is 0 Å². The maximum Gasteiger partial charge on any atom is 0.165 e. The average molecular weight is 205 g/mol. The number of amidine groups is 1. The van der Waals surface area contributed by atoms with Crippen LogP contribution < -0.4 is 10.5 Å². The van der Waals surface area contributed by atoms with Gasteiger partial charge in [-0.1, -0.05) is 12.1 Å². The fourth-order valence-electron chi connectivity index (χ4n) is 0.717. The molecule has 0 spiro atoms. The van der Waals surface area contributed by atoms with Gasteiger partial charge in [0.25, 0.3) is 0 Å². The van der Waals surface area contributed by atoms with E-state index in [1.54, 1.807) is 12.1 Å². The molecule has 0 aliphatic rings. The Hall–Kier alpha value is -1.29. The number of ether oxygens (including phenoxy) is 1. The standard InChI is InChI=1S/C8H9FN2O.ClH/c9-6-3-1-2-4-7(6)12-5-8(10)11;/h1-4H,5H2,(H3,10,11);1H. The van der Waals surface area contributed by atoms with Gasteiger partial charge in [-0.25, -0.2) is 4.39 Å². The Kier molecular flexibility index (Phi) is 4.84. The summed E-state index contributed by atoms with van der Waals surface area (Å²) in [5.41, 5.74) is 5.03. The molecule has 1 aromatic rings. The minimum absolute atomic E-state index is 0. The number of nitrogens with one attached hydrogen (secondary N) is 1. The summed E-state index contributed by atoms with van der Waals surface area (Å²) in [5.74, 6) is -0.454. The molecule has 0 aliphatic carbocycles. The Morgan fingerprint density at radius 1 is 1.46 bits per heavy atom. The van der Waals surface area contributed by atoms with Crippen molar-refractivity contribution in [3.63, 3.8) is 0 Å². The van der Waals surface area contributed by atoms with E-state index in [9.17, 15) is 4.39 Å². The third-order valence-corrected chi connectivity index (χ3v) is 1.22. The van der Waals surface area contributed by atoms with Crippen molar-refractivity contribution in [3.05, 3.63) is 30.1 Å². The molecule has 5 heteroatoms. The summed E-state index contributed by atoms with van der Waals surface area (Å²) >= 11 is 0. The summed E-state index contributed by atoms with van der Waals surface area (Å²) in [4.78, 5) is 0. The van der Waals surface area contributed by atoms with Crippen LogP contribution in [0.2, 0.25) is 0 Å². The van der Waals surface area contributed by atoms with Gasteiger partial charge in [0.15, 0.2) is 11.6 Å². The first-order valence-electron chi connectivity index (χ1n) is 3.40. The molecule has 0 radical (unpaired) electrons. The highest BCUT2D eigenvalue weighted by molar-refractivity contribution is 5.85. The molecule has 0 saturated carbocycles. The second-order valence-corrected chi connectivity index (χ2v) is 2.24. The zero-order valence-electron chi connectivity index (χ0n) is 6.79. The van der Waals surface area contributed by atoms with E-state index in [-0.39, 0.29) is 30.6 Å². The predicted octanol–water partition coefficient (Wildman–Crippen LogP) is 1.56. The van der Waals surface area contributed by atoms with Crippen molar-refractivity contribution in [3.8, 4) is 5.75 Å². The van der Waals surface area contributed by atoms with E-state index in [4.69, 9.17) is 15.9 Å². The molecule has 13 heavy (non-hydrogen) atoms. The lowest BCUT2D eigenvalue weighted by molar-refractivity contribution is 0.352. The fraction of sp³-hybridized carbons (Fsp3) is 0.125. The van der Waals surface area contributed by atoms with E-state index in [1.807, 2.05) is 0 Å². The summed E-state index contributed by atoms with van der Waals surface area (Å²) in [6.07, 6.45) is 0. The quantitative estimate of drug-likeness (QED) is 0.580. The molecule has 1 aromatic carbocycles. The predicted molar refractivity (Wildman–Crippen MR) is 51.1 cm³/mol. The molecule has 0 aromatic heterocycles. The summed E-state index contributed by atoms with van der Waals surface area (Å²) in [7, 11) is 0. The number of hydrogen-bond donors (Lipinski definition) is 2. The van der Waals surface area contributed by atoms with Crippen LogP contribution in [0.4, 0.5) is 4.39 Å². The van der Waals surface area contributed by atoms with Gasteiger partial charge < -0.3 is 10.5 Å². The zero-order chi connectivity index (χ0) is 8.97. The Morgan fingerprint density at radius 3 is 2.62 bits per heavy atom. The molecule has 0 aliphatic heterocycles. The van der Waals surface area contributed by atoms with Gasteiger partial charge >= 0.3 is 0 Å². The lowest BCUT2D eigenvalue weighted by Gasteiger charge is -2.04. The molecule has 72 valence electrons. The van der Waals surface area contributed by atoms with Gasteiger partial charge in [-0.3, -0.25) is 5.41 Å². The van der Waals surface area contributed by atoms with Gasteiger partial charge in [-0.05, 0) is 12.1 Å². The summed E-state index contributed by atoms with van der Waals surface area (Å²) in [5, 5.41) is 6.84. The molecule has 0 unspecified atom stereocenters. The molecule has 0 atom stereocenters. The van der Waals surface area contributed by atoms with Crippen LogP contribution in [0.3, 0.4) is 0 Å². The van der Waals surface area contributed by atoms with Gasteiger partial charge in [0.2, 0.25) is 0 Å². The van der Waals surface area contributed by atoms with E-state index >= 15 is 0 Å². The Labute approximate surface area is 81.6 Å². The molecule has 3 N–H and O–H groups in total. The molecular weight excluding hydrogens is 195 g/mol. The van der Waals surface area contributed by atoms with Crippen molar-refractivity contribution in [1.82, 2.24) is 0 Å². The summed E-state index contributed by atoms with van der Waals surface area (Å²) < 4.78 is 17.7. The molecule has 0 saturated heterocycles. The van der Waals surface area contributed by atoms with Gasteiger partial charge in [-0.2, -0.15) is 0 Å². The van der Waals surface area contributed by atoms with Crippen molar-refractivity contribution < 1.29 is 9.13 Å². The normalized spacial score (nSPS) is 8.69. The highest BCUT2D eigenvalue weighted by Gasteiger charge is 2.00. The Morgan fingerprint density at radius 2 is 2.08 bits per heavy atom. The van der Waals surface area contributed by atoms with E-state index in [0.29, 0.717) is 0 Å². The zero-order valence-corrected chi connectivity index (χ0v) is 7.60. The lowest BCUT2D eigenvalue weighted by Crippen LogP contribution is -2.19. The van der Waals surface area contributed by atoms with Gasteiger partial charge in [0.05, 0.1) is 0 Å². The number of para-hydroxylation sites is 1. The number of rotatable bonds is 3. The summed E-state index contributed by atoms with van der Waals surface area (Å²) in [6.45, 7) is -0.0824. The number of benzene rings is 1.